The Morgan fingerprint density at radius 3 is 3.04 bits per heavy atom. The molecule has 1 aliphatic carbocycles. The van der Waals surface area contributed by atoms with Crippen LogP contribution in [-0.4, -0.2) is 30.9 Å². The number of aromatic nitrogens is 5. The smallest absolute Gasteiger partial charge is 0.278 e. The predicted molar refractivity (Wildman–Crippen MR) is 87.6 cm³/mol. The zero-order valence-electron chi connectivity index (χ0n) is 13.0. The average molecular weight is 320 g/mol. The lowest BCUT2D eigenvalue weighted by Crippen LogP contribution is -2.14. The number of nitrogens with zero attached hydrogens (tertiary/aromatic N) is 5. The standard InChI is InChI=1S/C17H16N6O/c24-17(20-16-8-7-12-4-3-6-14(12)19-16)15-11-23(22-21-15)10-13-5-1-2-9-18-13/h1-2,5,7-9,11H,3-4,6,10H2,(H,19,20,24). The summed E-state index contributed by atoms with van der Waals surface area (Å²) in [5, 5.41) is 10.7. The van der Waals surface area contributed by atoms with Gasteiger partial charge < -0.3 is 5.32 Å². The Balaban J connectivity index is 1.45. The summed E-state index contributed by atoms with van der Waals surface area (Å²) < 4.78 is 1.59. The summed E-state index contributed by atoms with van der Waals surface area (Å²) in [6.07, 6.45) is 6.50. The largest absolute Gasteiger partial charge is 0.305 e. The Labute approximate surface area is 138 Å². The topological polar surface area (TPSA) is 85.6 Å². The molecule has 0 bridgehead atoms. The minimum atomic E-state index is -0.312. The van der Waals surface area contributed by atoms with Crippen molar-refractivity contribution in [2.45, 2.75) is 25.8 Å². The molecule has 0 aromatic carbocycles. The van der Waals surface area contributed by atoms with Crippen molar-refractivity contribution in [2.24, 2.45) is 0 Å². The van der Waals surface area contributed by atoms with Crippen molar-refractivity contribution in [3.63, 3.8) is 0 Å². The third kappa shape index (κ3) is 3.01. The van der Waals surface area contributed by atoms with Gasteiger partial charge in [-0.25, -0.2) is 9.67 Å². The second kappa shape index (κ2) is 6.19. The van der Waals surface area contributed by atoms with Gasteiger partial charge in [0.05, 0.1) is 18.4 Å². The van der Waals surface area contributed by atoms with Crippen LogP contribution in [0.25, 0.3) is 0 Å². The Morgan fingerprint density at radius 2 is 2.17 bits per heavy atom. The van der Waals surface area contributed by atoms with Crippen molar-refractivity contribution in [2.75, 3.05) is 5.32 Å². The highest BCUT2D eigenvalue weighted by Crippen LogP contribution is 2.21. The fourth-order valence-corrected chi connectivity index (χ4v) is 2.81. The molecule has 0 saturated carbocycles. The highest BCUT2D eigenvalue weighted by atomic mass is 16.2. The minimum Gasteiger partial charge on any atom is -0.305 e. The molecule has 0 spiro atoms. The van der Waals surface area contributed by atoms with E-state index < -0.39 is 0 Å². The van der Waals surface area contributed by atoms with Crippen LogP contribution in [0.4, 0.5) is 5.82 Å². The van der Waals surface area contributed by atoms with E-state index in [0.717, 1.165) is 30.7 Å². The van der Waals surface area contributed by atoms with E-state index in [0.29, 0.717) is 12.4 Å². The van der Waals surface area contributed by atoms with Crippen LogP contribution in [0.2, 0.25) is 0 Å². The molecule has 120 valence electrons. The van der Waals surface area contributed by atoms with Crippen LogP contribution in [0.3, 0.4) is 0 Å². The van der Waals surface area contributed by atoms with E-state index in [2.05, 4.69) is 25.6 Å². The number of fused-ring (bicyclic) bond motifs is 1. The van der Waals surface area contributed by atoms with Crippen molar-refractivity contribution in [3.8, 4) is 0 Å². The molecule has 7 nitrogen and oxygen atoms in total. The van der Waals surface area contributed by atoms with Crippen LogP contribution in [-0.2, 0) is 19.4 Å². The van der Waals surface area contributed by atoms with Crippen molar-refractivity contribution in [3.05, 3.63) is 65.4 Å². The Kier molecular flexibility index (Phi) is 3.74. The normalized spacial score (nSPS) is 12.8. The first-order chi connectivity index (χ1) is 11.8. The lowest BCUT2D eigenvalue weighted by molar-refractivity contribution is 0.102. The summed E-state index contributed by atoms with van der Waals surface area (Å²) in [4.78, 5) is 21.0. The molecule has 1 amide bonds. The molecule has 3 aromatic rings. The van der Waals surface area contributed by atoms with Crippen LogP contribution < -0.4 is 5.32 Å². The molecule has 0 saturated heterocycles. The second-order valence-electron chi connectivity index (χ2n) is 5.73. The van der Waals surface area contributed by atoms with Crippen LogP contribution in [0, 0.1) is 0 Å². The Morgan fingerprint density at radius 1 is 1.21 bits per heavy atom. The van der Waals surface area contributed by atoms with E-state index in [-0.39, 0.29) is 11.6 Å². The molecule has 0 aliphatic heterocycles. The van der Waals surface area contributed by atoms with Gasteiger partial charge in [-0.15, -0.1) is 5.10 Å². The third-order valence-electron chi connectivity index (χ3n) is 3.99. The number of hydrogen-bond donors (Lipinski definition) is 1. The maximum Gasteiger partial charge on any atom is 0.278 e. The van der Waals surface area contributed by atoms with Gasteiger partial charge in [0.25, 0.3) is 5.91 Å². The Hall–Kier alpha value is -3.09. The van der Waals surface area contributed by atoms with Crippen molar-refractivity contribution in [1.29, 1.82) is 0 Å². The number of aryl methyl sites for hydroxylation is 2. The first kappa shape index (κ1) is 14.5. The SMILES string of the molecule is O=C(Nc1ccc2c(n1)CCC2)c1cn(Cc2ccccn2)nn1. The maximum atomic E-state index is 12.3. The van der Waals surface area contributed by atoms with Gasteiger partial charge in [0.1, 0.15) is 5.82 Å². The summed E-state index contributed by atoms with van der Waals surface area (Å²) in [6.45, 7) is 0.470. The van der Waals surface area contributed by atoms with Gasteiger partial charge >= 0.3 is 0 Å². The lowest BCUT2D eigenvalue weighted by Gasteiger charge is -2.04. The molecule has 3 heterocycles. The zero-order valence-corrected chi connectivity index (χ0v) is 13.0. The number of rotatable bonds is 4. The van der Waals surface area contributed by atoms with Gasteiger partial charge in [0.15, 0.2) is 5.69 Å². The van der Waals surface area contributed by atoms with Crippen molar-refractivity contribution >= 4 is 11.7 Å². The number of amides is 1. The van der Waals surface area contributed by atoms with E-state index in [4.69, 9.17) is 0 Å². The maximum absolute atomic E-state index is 12.3. The Bertz CT molecular complexity index is 874. The van der Waals surface area contributed by atoms with E-state index in [1.54, 1.807) is 17.1 Å². The van der Waals surface area contributed by atoms with Gasteiger partial charge in [-0.2, -0.15) is 0 Å². The molecule has 0 unspecified atom stereocenters. The number of pyridine rings is 2. The third-order valence-corrected chi connectivity index (χ3v) is 3.99. The molecule has 3 aromatic heterocycles. The van der Waals surface area contributed by atoms with Crippen LogP contribution in [0.5, 0.6) is 0 Å². The molecule has 1 aliphatic rings. The van der Waals surface area contributed by atoms with Crippen molar-refractivity contribution < 1.29 is 4.79 Å². The highest BCUT2D eigenvalue weighted by Gasteiger charge is 2.15. The van der Waals surface area contributed by atoms with E-state index in [9.17, 15) is 4.79 Å². The molecule has 1 N–H and O–H groups in total. The molecule has 7 heteroatoms. The lowest BCUT2D eigenvalue weighted by atomic mass is 10.2. The highest BCUT2D eigenvalue weighted by molar-refractivity contribution is 6.02. The summed E-state index contributed by atoms with van der Waals surface area (Å²) in [5.74, 6) is 0.243. The number of carbonyl (C=O) groups excluding carboxylic acids is 1. The minimum absolute atomic E-state index is 0.258. The van der Waals surface area contributed by atoms with Gasteiger partial charge in [0, 0.05) is 11.9 Å². The summed E-state index contributed by atoms with van der Waals surface area (Å²) in [7, 11) is 0. The van der Waals surface area contributed by atoms with Gasteiger partial charge in [-0.3, -0.25) is 9.78 Å². The second-order valence-corrected chi connectivity index (χ2v) is 5.73. The zero-order chi connectivity index (χ0) is 16.4. The monoisotopic (exact) mass is 320 g/mol. The van der Waals surface area contributed by atoms with E-state index in [1.165, 1.54) is 5.56 Å². The summed E-state index contributed by atoms with van der Waals surface area (Å²) in [5.41, 5.74) is 3.46. The molecule has 0 radical (unpaired) electrons. The average Bonchev–Trinajstić information content (AvgIpc) is 3.24. The summed E-state index contributed by atoms with van der Waals surface area (Å²) in [6, 6.07) is 9.53. The molecule has 4 rings (SSSR count). The molecule has 0 fully saturated rings. The van der Waals surface area contributed by atoms with E-state index in [1.807, 2.05) is 30.3 Å². The number of carbonyl (C=O) groups is 1. The first-order valence-corrected chi connectivity index (χ1v) is 7.88. The van der Waals surface area contributed by atoms with E-state index >= 15 is 0 Å². The fraction of sp³-hybridized carbons (Fsp3) is 0.235. The number of hydrogen-bond acceptors (Lipinski definition) is 5. The quantitative estimate of drug-likeness (QED) is 0.793. The van der Waals surface area contributed by atoms with Gasteiger partial charge in [0.2, 0.25) is 0 Å². The van der Waals surface area contributed by atoms with Gasteiger partial charge in [-0.05, 0) is 43.0 Å². The molecular weight excluding hydrogens is 304 g/mol. The molecule has 24 heavy (non-hydrogen) atoms. The number of nitrogens with one attached hydrogen (secondary N) is 1. The van der Waals surface area contributed by atoms with Crippen LogP contribution in [0.1, 0.15) is 33.9 Å². The first-order valence-electron chi connectivity index (χ1n) is 7.88. The van der Waals surface area contributed by atoms with Gasteiger partial charge in [-0.1, -0.05) is 17.3 Å². The molecule has 0 atom stereocenters. The van der Waals surface area contributed by atoms with Crippen LogP contribution >= 0.6 is 0 Å². The molecular formula is C17H16N6O. The fourth-order valence-electron chi connectivity index (χ4n) is 2.81. The predicted octanol–water partition coefficient (Wildman–Crippen LogP) is 1.86. The van der Waals surface area contributed by atoms with Crippen molar-refractivity contribution in [1.82, 2.24) is 25.0 Å². The van der Waals surface area contributed by atoms with Crippen LogP contribution in [0.15, 0.2) is 42.7 Å². The number of anilines is 1. The summed E-state index contributed by atoms with van der Waals surface area (Å²) >= 11 is 0.